The van der Waals surface area contributed by atoms with Gasteiger partial charge in [0.2, 0.25) is 5.91 Å². The molecule has 1 aliphatic rings. The van der Waals surface area contributed by atoms with Crippen molar-refractivity contribution in [3.63, 3.8) is 0 Å². The van der Waals surface area contributed by atoms with E-state index in [9.17, 15) is 14.4 Å². The molecule has 3 amide bonds. The number of hydrogen-bond donors (Lipinski definition) is 1. The van der Waals surface area contributed by atoms with Crippen molar-refractivity contribution in [3.8, 4) is 0 Å². The first-order chi connectivity index (χ1) is 14.6. The lowest BCUT2D eigenvalue weighted by Crippen LogP contribution is -2.50. The zero-order valence-electron chi connectivity index (χ0n) is 16.7. The van der Waals surface area contributed by atoms with Crippen molar-refractivity contribution in [2.24, 2.45) is 0 Å². The lowest BCUT2D eigenvalue weighted by molar-refractivity contribution is -0.129. The number of aromatic nitrogens is 1. The Bertz CT molecular complexity index is 840. The second kappa shape index (κ2) is 10.8. The van der Waals surface area contributed by atoms with E-state index in [1.165, 1.54) is 23.2 Å². The van der Waals surface area contributed by atoms with Crippen LogP contribution in [0.25, 0.3) is 0 Å². The van der Waals surface area contributed by atoms with Crippen LogP contribution >= 0.6 is 11.3 Å². The molecule has 0 unspecified atom stereocenters. The van der Waals surface area contributed by atoms with E-state index in [0.29, 0.717) is 32.7 Å². The molecular weight excluding hydrogens is 408 g/mol. The number of hydroxylamine groups is 1. The fourth-order valence-corrected chi connectivity index (χ4v) is 3.40. The van der Waals surface area contributed by atoms with Crippen LogP contribution in [0.4, 0.5) is 10.6 Å². The molecule has 0 bridgehead atoms. The Morgan fingerprint density at radius 3 is 2.67 bits per heavy atom. The standard InChI is InChI=1S/C20H24N4O5S/c1-15(22-29-20(27)23-9-11-28-12-10-23)19(26)24(17-13-30-14-21-17)18(25)8-7-16-5-3-2-4-6-16/h2-6,13-15,22H,7-12H2,1H3/t15-/m0/s1. The van der Waals surface area contributed by atoms with Crippen LogP contribution in [0, 0.1) is 0 Å². The van der Waals surface area contributed by atoms with Gasteiger partial charge in [0, 0.05) is 24.9 Å². The number of amides is 3. The summed E-state index contributed by atoms with van der Waals surface area (Å²) in [6.07, 6.45) is 0.0585. The first-order valence-corrected chi connectivity index (χ1v) is 10.6. The molecule has 1 aromatic carbocycles. The van der Waals surface area contributed by atoms with Crippen molar-refractivity contribution in [1.82, 2.24) is 15.4 Å². The Balaban J connectivity index is 1.60. The summed E-state index contributed by atoms with van der Waals surface area (Å²) in [4.78, 5) is 49.6. The van der Waals surface area contributed by atoms with Gasteiger partial charge in [-0.3, -0.25) is 9.59 Å². The van der Waals surface area contributed by atoms with E-state index in [0.717, 1.165) is 10.5 Å². The monoisotopic (exact) mass is 432 g/mol. The Morgan fingerprint density at radius 2 is 2.00 bits per heavy atom. The van der Waals surface area contributed by atoms with Gasteiger partial charge in [0.15, 0.2) is 5.82 Å². The SMILES string of the molecule is C[C@H](NOC(=O)N1CCOCC1)C(=O)N(C(=O)CCc1ccccc1)c1cscn1. The number of morpholine rings is 1. The molecule has 2 heterocycles. The molecule has 3 rings (SSSR count). The lowest BCUT2D eigenvalue weighted by Gasteiger charge is -2.27. The van der Waals surface area contributed by atoms with Gasteiger partial charge in [0.25, 0.3) is 5.91 Å². The number of nitrogens with zero attached hydrogens (tertiary/aromatic N) is 3. The normalized spacial score (nSPS) is 14.8. The maximum Gasteiger partial charge on any atom is 0.428 e. The van der Waals surface area contributed by atoms with Gasteiger partial charge >= 0.3 is 6.09 Å². The Hall–Kier alpha value is -2.82. The zero-order chi connectivity index (χ0) is 21.3. The predicted octanol–water partition coefficient (Wildman–Crippen LogP) is 2.00. The van der Waals surface area contributed by atoms with Crippen molar-refractivity contribution < 1.29 is 24.0 Å². The second-order valence-corrected chi connectivity index (χ2v) is 7.43. The molecule has 0 spiro atoms. The molecular formula is C20H24N4O5S. The van der Waals surface area contributed by atoms with Crippen molar-refractivity contribution >= 4 is 35.1 Å². The molecule has 9 nitrogen and oxygen atoms in total. The van der Waals surface area contributed by atoms with E-state index in [2.05, 4.69) is 10.5 Å². The van der Waals surface area contributed by atoms with Crippen molar-refractivity contribution in [2.75, 3.05) is 31.2 Å². The number of imide groups is 1. The topological polar surface area (TPSA) is 101 Å². The van der Waals surface area contributed by atoms with Gasteiger partial charge in [-0.05, 0) is 18.9 Å². The molecule has 1 fully saturated rings. The van der Waals surface area contributed by atoms with E-state index < -0.39 is 18.0 Å². The maximum atomic E-state index is 13.0. The molecule has 0 saturated carbocycles. The molecule has 160 valence electrons. The minimum Gasteiger partial charge on any atom is -0.378 e. The minimum absolute atomic E-state index is 0.146. The molecule has 10 heteroatoms. The first-order valence-electron chi connectivity index (χ1n) is 9.64. The summed E-state index contributed by atoms with van der Waals surface area (Å²) in [5, 5.41) is 1.63. The molecule has 1 aromatic heterocycles. The highest BCUT2D eigenvalue weighted by Crippen LogP contribution is 2.17. The summed E-state index contributed by atoms with van der Waals surface area (Å²) in [5.41, 5.74) is 5.00. The lowest BCUT2D eigenvalue weighted by atomic mass is 10.1. The van der Waals surface area contributed by atoms with E-state index >= 15 is 0 Å². The van der Waals surface area contributed by atoms with Crippen LogP contribution < -0.4 is 10.4 Å². The summed E-state index contributed by atoms with van der Waals surface area (Å²) in [6, 6.07) is 8.63. The molecule has 0 aliphatic carbocycles. The molecule has 30 heavy (non-hydrogen) atoms. The number of ether oxygens (including phenoxy) is 1. The van der Waals surface area contributed by atoms with Crippen LogP contribution in [0.5, 0.6) is 0 Å². The molecule has 0 radical (unpaired) electrons. The highest BCUT2D eigenvalue weighted by Gasteiger charge is 2.30. The van der Waals surface area contributed by atoms with Crippen molar-refractivity contribution in [3.05, 3.63) is 46.8 Å². The predicted molar refractivity (Wildman–Crippen MR) is 111 cm³/mol. The number of carbonyl (C=O) groups excluding carboxylic acids is 3. The quantitative estimate of drug-likeness (QED) is 0.668. The number of thiazole rings is 1. The number of anilines is 1. The fourth-order valence-electron chi connectivity index (χ4n) is 2.88. The van der Waals surface area contributed by atoms with Gasteiger partial charge in [0.1, 0.15) is 6.04 Å². The van der Waals surface area contributed by atoms with Gasteiger partial charge in [-0.1, -0.05) is 30.3 Å². The fraction of sp³-hybridized carbons (Fsp3) is 0.400. The number of hydrogen-bond acceptors (Lipinski definition) is 8. The zero-order valence-corrected chi connectivity index (χ0v) is 17.5. The summed E-state index contributed by atoms with van der Waals surface area (Å²) in [7, 11) is 0. The van der Waals surface area contributed by atoms with Crippen LogP contribution in [0.15, 0.2) is 41.2 Å². The third kappa shape index (κ3) is 5.85. The molecule has 1 aliphatic heterocycles. The summed E-state index contributed by atoms with van der Waals surface area (Å²) in [5.74, 6) is -0.659. The van der Waals surface area contributed by atoms with Crippen LogP contribution in [0.1, 0.15) is 18.9 Å². The smallest absolute Gasteiger partial charge is 0.378 e. The molecule has 2 aromatic rings. The summed E-state index contributed by atoms with van der Waals surface area (Å²) >= 11 is 1.28. The van der Waals surface area contributed by atoms with Crippen LogP contribution in [0.3, 0.4) is 0 Å². The number of benzene rings is 1. The second-order valence-electron chi connectivity index (χ2n) is 6.71. The van der Waals surface area contributed by atoms with Crippen LogP contribution in [0.2, 0.25) is 0 Å². The van der Waals surface area contributed by atoms with E-state index in [1.54, 1.807) is 10.9 Å². The summed E-state index contributed by atoms with van der Waals surface area (Å²) < 4.78 is 5.19. The van der Waals surface area contributed by atoms with Crippen molar-refractivity contribution in [2.45, 2.75) is 25.8 Å². The maximum absolute atomic E-state index is 13.0. The van der Waals surface area contributed by atoms with Crippen LogP contribution in [-0.4, -0.2) is 60.1 Å². The number of rotatable bonds is 7. The largest absolute Gasteiger partial charge is 0.428 e. The average Bonchev–Trinajstić information content (AvgIpc) is 3.31. The van der Waals surface area contributed by atoms with Gasteiger partial charge in [-0.25, -0.2) is 14.7 Å². The van der Waals surface area contributed by atoms with Crippen molar-refractivity contribution in [1.29, 1.82) is 0 Å². The number of aryl methyl sites for hydroxylation is 1. The Kier molecular flexibility index (Phi) is 7.89. The number of nitrogens with one attached hydrogen (secondary N) is 1. The highest BCUT2D eigenvalue weighted by atomic mass is 32.1. The number of carbonyl (C=O) groups is 3. The highest BCUT2D eigenvalue weighted by molar-refractivity contribution is 7.08. The van der Waals surface area contributed by atoms with Crippen LogP contribution in [-0.2, 0) is 25.6 Å². The molecule has 1 atom stereocenters. The van der Waals surface area contributed by atoms with Gasteiger partial charge in [0.05, 0.1) is 18.7 Å². The van der Waals surface area contributed by atoms with Gasteiger partial charge in [-0.15, -0.1) is 16.8 Å². The third-order valence-corrected chi connectivity index (χ3v) is 5.13. The minimum atomic E-state index is -0.933. The van der Waals surface area contributed by atoms with Gasteiger partial charge in [-0.2, -0.15) is 0 Å². The Labute approximate surface area is 178 Å². The Morgan fingerprint density at radius 1 is 1.27 bits per heavy atom. The molecule has 1 N–H and O–H groups in total. The van der Waals surface area contributed by atoms with Gasteiger partial charge < -0.3 is 14.5 Å². The molecule has 1 saturated heterocycles. The first kappa shape index (κ1) is 21.9. The summed E-state index contributed by atoms with van der Waals surface area (Å²) in [6.45, 7) is 3.25. The van der Waals surface area contributed by atoms with E-state index in [-0.39, 0.29) is 18.1 Å². The average molecular weight is 433 g/mol. The van der Waals surface area contributed by atoms with E-state index in [1.807, 2.05) is 30.3 Å². The van der Waals surface area contributed by atoms with E-state index in [4.69, 9.17) is 9.57 Å². The third-order valence-electron chi connectivity index (χ3n) is 4.55.